The van der Waals surface area contributed by atoms with Crippen LogP contribution < -0.4 is 10.7 Å². The minimum absolute atomic E-state index is 0.0539. The van der Waals surface area contributed by atoms with E-state index in [1.54, 1.807) is 16.8 Å². The number of rotatable bonds is 4. The van der Waals surface area contributed by atoms with Crippen molar-refractivity contribution in [2.75, 3.05) is 6.54 Å². The molecule has 100 valence electrons. The molecule has 0 bridgehead atoms. The fourth-order valence-electron chi connectivity index (χ4n) is 1.82. The molecule has 0 aliphatic heterocycles. The molecule has 0 atom stereocenters. The van der Waals surface area contributed by atoms with Crippen LogP contribution in [0.1, 0.15) is 18.3 Å². The van der Waals surface area contributed by atoms with Crippen LogP contribution in [0.3, 0.4) is 0 Å². The van der Waals surface area contributed by atoms with E-state index in [1.807, 2.05) is 32.0 Å². The number of para-hydroxylation sites is 1. The maximum absolute atomic E-state index is 11.9. The predicted octanol–water partition coefficient (Wildman–Crippen LogP) is 2.30. The molecule has 0 aliphatic carbocycles. The van der Waals surface area contributed by atoms with Gasteiger partial charge in [0.2, 0.25) is 5.43 Å². The topological polar surface area (TPSA) is 46.9 Å². The molecule has 1 heterocycles. The summed E-state index contributed by atoms with van der Waals surface area (Å²) in [7, 11) is 0. The van der Waals surface area contributed by atoms with Gasteiger partial charge in [0.25, 0.3) is 0 Å². The minimum atomic E-state index is -0.0539. The van der Waals surface area contributed by atoms with Gasteiger partial charge in [-0.15, -0.1) is 0 Å². The average molecular weight is 278 g/mol. The lowest BCUT2D eigenvalue weighted by Crippen LogP contribution is -2.24. The summed E-state index contributed by atoms with van der Waals surface area (Å²) in [5.41, 5.74) is 1.98. The van der Waals surface area contributed by atoms with E-state index in [2.05, 4.69) is 10.4 Å². The highest BCUT2D eigenvalue weighted by Crippen LogP contribution is 2.19. The number of nitrogens with one attached hydrogen (secondary N) is 1. The van der Waals surface area contributed by atoms with Gasteiger partial charge in [0.1, 0.15) is 5.69 Å². The number of benzene rings is 1. The van der Waals surface area contributed by atoms with Gasteiger partial charge in [-0.05, 0) is 25.6 Å². The van der Waals surface area contributed by atoms with Crippen LogP contribution in [0.4, 0.5) is 0 Å². The van der Waals surface area contributed by atoms with E-state index >= 15 is 0 Å². The molecule has 0 radical (unpaired) electrons. The quantitative estimate of drug-likeness (QED) is 0.933. The fourth-order valence-corrected chi connectivity index (χ4v) is 2.03. The standard InChI is InChI=1S/C14H16ClN3O/c1-3-16-9-12-14(19)8-10(2)18(17-12)13-7-5-4-6-11(13)15/h4-8,16H,3,9H2,1-2H3. The highest BCUT2D eigenvalue weighted by atomic mass is 35.5. The summed E-state index contributed by atoms with van der Waals surface area (Å²) in [5, 5.41) is 8.11. The molecular formula is C14H16ClN3O. The van der Waals surface area contributed by atoms with Gasteiger partial charge in [-0.25, -0.2) is 4.68 Å². The van der Waals surface area contributed by atoms with Crippen LogP contribution in [-0.2, 0) is 6.54 Å². The number of hydrogen-bond acceptors (Lipinski definition) is 3. The molecule has 0 amide bonds. The van der Waals surface area contributed by atoms with E-state index in [-0.39, 0.29) is 5.43 Å². The Kier molecular flexibility index (Phi) is 4.35. The van der Waals surface area contributed by atoms with E-state index in [4.69, 9.17) is 11.6 Å². The molecule has 5 heteroatoms. The van der Waals surface area contributed by atoms with Gasteiger partial charge in [0.05, 0.1) is 10.7 Å². The monoisotopic (exact) mass is 277 g/mol. The largest absolute Gasteiger partial charge is 0.311 e. The zero-order valence-electron chi connectivity index (χ0n) is 11.0. The Bertz CT molecular complexity index is 637. The summed E-state index contributed by atoms with van der Waals surface area (Å²) in [4.78, 5) is 11.9. The summed E-state index contributed by atoms with van der Waals surface area (Å²) < 4.78 is 1.70. The van der Waals surface area contributed by atoms with Crippen LogP contribution in [0.25, 0.3) is 5.69 Å². The highest BCUT2D eigenvalue weighted by Gasteiger charge is 2.09. The van der Waals surface area contributed by atoms with Crippen LogP contribution in [0.5, 0.6) is 0 Å². The van der Waals surface area contributed by atoms with Crippen molar-refractivity contribution < 1.29 is 0 Å². The van der Waals surface area contributed by atoms with Crippen molar-refractivity contribution in [1.82, 2.24) is 15.1 Å². The second-order valence-corrected chi connectivity index (χ2v) is 4.65. The molecule has 2 rings (SSSR count). The lowest BCUT2D eigenvalue weighted by Gasteiger charge is -2.12. The SMILES string of the molecule is CCNCc1nn(-c2ccccc2Cl)c(C)cc1=O. The van der Waals surface area contributed by atoms with E-state index < -0.39 is 0 Å². The summed E-state index contributed by atoms with van der Waals surface area (Å²) in [6.45, 7) is 5.08. The van der Waals surface area contributed by atoms with Gasteiger partial charge >= 0.3 is 0 Å². The van der Waals surface area contributed by atoms with E-state index in [1.165, 1.54) is 0 Å². The number of hydrogen-bond donors (Lipinski definition) is 1. The normalized spacial score (nSPS) is 10.7. The summed E-state index contributed by atoms with van der Waals surface area (Å²) in [6.07, 6.45) is 0. The first-order valence-corrected chi connectivity index (χ1v) is 6.56. The van der Waals surface area contributed by atoms with Crippen LogP contribution in [0, 0.1) is 6.92 Å². The molecule has 0 spiro atoms. The first kappa shape index (κ1) is 13.8. The Balaban J connectivity index is 2.52. The number of nitrogens with zero attached hydrogens (tertiary/aromatic N) is 2. The van der Waals surface area contributed by atoms with Crippen molar-refractivity contribution >= 4 is 11.6 Å². The van der Waals surface area contributed by atoms with E-state index in [0.717, 1.165) is 17.9 Å². The van der Waals surface area contributed by atoms with Crippen molar-refractivity contribution in [3.05, 3.63) is 57.0 Å². The van der Waals surface area contributed by atoms with Gasteiger partial charge in [-0.1, -0.05) is 30.7 Å². The molecule has 1 aromatic carbocycles. The predicted molar refractivity (Wildman–Crippen MR) is 77.0 cm³/mol. The Morgan fingerprint density at radius 1 is 1.37 bits per heavy atom. The second-order valence-electron chi connectivity index (χ2n) is 4.24. The molecule has 0 aliphatic rings. The molecule has 1 aromatic heterocycles. The third kappa shape index (κ3) is 3.03. The second kappa shape index (κ2) is 5.99. The molecular weight excluding hydrogens is 262 g/mol. The van der Waals surface area contributed by atoms with Gasteiger partial charge < -0.3 is 5.32 Å². The highest BCUT2D eigenvalue weighted by molar-refractivity contribution is 6.32. The van der Waals surface area contributed by atoms with E-state index in [9.17, 15) is 4.79 Å². The van der Waals surface area contributed by atoms with Gasteiger partial charge in [0.15, 0.2) is 0 Å². The van der Waals surface area contributed by atoms with Gasteiger partial charge in [-0.3, -0.25) is 4.79 Å². The van der Waals surface area contributed by atoms with Crippen molar-refractivity contribution in [3.8, 4) is 5.69 Å². The smallest absolute Gasteiger partial charge is 0.204 e. The maximum atomic E-state index is 11.9. The Morgan fingerprint density at radius 2 is 2.11 bits per heavy atom. The lowest BCUT2D eigenvalue weighted by atomic mass is 10.3. The zero-order chi connectivity index (χ0) is 13.8. The molecule has 0 unspecified atom stereocenters. The third-order valence-corrected chi connectivity index (χ3v) is 3.12. The number of aromatic nitrogens is 2. The van der Waals surface area contributed by atoms with Crippen LogP contribution in [-0.4, -0.2) is 16.3 Å². The van der Waals surface area contributed by atoms with Gasteiger partial charge in [-0.2, -0.15) is 5.10 Å². The minimum Gasteiger partial charge on any atom is -0.311 e. The van der Waals surface area contributed by atoms with Crippen LogP contribution >= 0.6 is 11.6 Å². The summed E-state index contributed by atoms with van der Waals surface area (Å²) in [5.74, 6) is 0. The number of aryl methyl sites for hydroxylation is 1. The van der Waals surface area contributed by atoms with Crippen molar-refractivity contribution in [3.63, 3.8) is 0 Å². The lowest BCUT2D eigenvalue weighted by molar-refractivity contribution is 0.666. The molecule has 0 fully saturated rings. The van der Waals surface area contributed by atoms with Gasteiger partial charge in [0, 0.05) is 18.3 Å². The van der Waals surface area contributed by atoms with Crippen LogP contribution in [0.2, 0.25) is 5.02 Å². The Morgan fingerprint density at radius 3 is 2.79 bits per heavy atom. The van der Waals surface area contributed by atoms with Crippen molar-refractivity contribution in [2.45, 2.75) is 20.4 Å². The van der Waals surface area contributed by atoms with Crippen molar-refractivity contribution in [2.24, 2.45) is 0 Å². The zero-order valence-corrected chi connectivity index (χ0v) is 11.7. The average Bonchev–Trinajstić information content (AvgIpc) is 2.39. The summed E-state index contributed by atoms with van der Waals surface area (Å²) in [6, 6.07) is 9.03. The van der Waals surface area contributed by atoms with E-state index in [0.29, 0.717) is 17.3 Å². The third-order valence-electron chi connectivity index (χ3n) is 2.80. The Labute approximate surface area is 117 Å². The Hall–Kier alpha value is -1.65. The van der Waals surface area contributed by atoms with Crippen LogP contribution in [0.15, 0.2) is 35.1 Å². The molecule has 0 saturated carbocycles. The molecule has 2 aromatic rings. The molecule has 19 heavy (non-hydrogen) atoms. The summed E-state index contributed by atoms with van der Waals surface area (Å²) >= 11 is 6.17. The fraction of sp³-hybridized carbons (Fsp3) is 0.286. The number of halogens is 1. The van der Waals surface area contributed by atoms with Crippen molar-refractivity contribution in [1.29, 1.82) is 0 Å². The molecule has 0 saturated heterocycles. The maximum Gasteiger partial charge on any atom is 0.204 e. The first-order chi connectivity index (χ1) is 9.13. The first-order valence-electron chi connectivity index (χ1n) is 6.19. The molecule has 1 N–H and O–H groups in total. The molecule has 4 nitrogen and oxygen atoms in total.